The molecule has 9 heavy (non-hydrogen) atoms. The van der Waals surface area contributed by atoms with E-state index < -0.39 is 0 Å². The molecule has 3 radical (unpaired) electrons. The number of anilines is 1. The first-order valence-electron chi connectivity index (χ1n) is 2.84. The fourth-order valence-corrected chi connectivity index (χ4v) is 0.663. The van der Waals surface area contributed by atoms with Crippen molar-refractivity contribution in [1.82, 2.24) is 0 Å². The summed E-state index contributed by atoms with van der Waals surface area (Å²) in [5.41, 5.74) is 1.03. The van der Waals surface area contributed by atoms with E-state index in [9.17, 15) is 0 Å². The van der Waals surface area contributed by atoms with Crippen LogP contribution in [0.25, 0.3) is 0 Å². The molecule has 0 aromatic heterocycles. The van der Waals surface area contributed by atoms with Crippen LogP contribution in [0.5, 0.6) is 0 Å². The molecule has 0 spiro atoms. The van der Waals surface area contributed by atoms with E-state index in [0.717, 1.165) is 5.69 Å². The summed E-state index contributed by atoms with van der Waals surface area (Å²) in [6, 6.07) is 9.80. The van der Waals surface area contributed by atoms with E-state index in [1.165, 1.54) is 0 Å². The highest BCUT2D eigenvalue weighted by atomic mass is 15.0. The zero-order valence-corrected chi connectivity index (χ0v) is 5.41. The van der Waals surface area contributed by atoms with Crippen LogP contribution in [-0.2, 0) is 0 Å². The predicted molar refractivity (Wildman–Crippen MR) is 40.6 cm³/mol. The minimum atomic E-state index is 1.03. The molecule has 0 bridgehead atoms. The van der Waals surface area contributed by atoms with Gasteiger partial charge in [-0.15, -0.1) is 0 Å². The van der Waals surface area contributed by atoms with Crippen LogP contribution >= 0.6 is 0 Å². The molecule has 0 aliphatic carbocycles. The molecule has 1 rings (SSSR count). The number of benzene rings is 1. The van der Waals surface area contributed by atoms with Crippen LogP contribution in [-0.4, -0.2) is 15.0 Å². The van der Waals surface area contributed by atoms with Gasteiger partial charge in [0, 0.05) is 0 Å². The van der Waals surface area contributed by atoms with Gasteiger partial charge in [-0.05, 0) is 24.9 Å². The maximum Gasteiger partial charge on any atom is -0.0113 e. The van der Waals surface area contributed by atoms with Gasteiger partial charge in [0.25, 0.3) is 0 Å². The van der Waals surface area contributed by atoms with Gasteiger partial charge in [0.05, 0.1) is 0 Å². The van der Waals surface area contributed by atoms with Crippen LogP contribution in [0.4, 0.5) is 5.69 Å². The van der Waals surface area contributed by atoms with Crippen molar-refractivity contribution in [2.45, 2.75) is 0 Å². The lowest BCUT2D eigenvalue weighted by Crippen LogP contribution is -2.10. The number of hydrogen-bond donors (Lipinski definition) is 0. The van der Waals surface area contributed by atoms with E-state index in [0.29, 0.717) is 0 Å². The van der Waals surface area contributed by atoms with Crippen molar-refractivity contribution in [3.63, 3.8) is 0 Å². The Kier molecular flexibility index (Phi) is 1.78. The maximum absolute atomic E-state index is 5.45. The van der Waals surface area contributed by atoms with Crippen molar-refractivity contribution < 1.29 is 0 Å². The van der Waals surface area contributed by atoms with E-state index in [2.05, 4.69) is 0 Å². The lowest BCUT2D eigenvalue weighted by molar-refractivity contribution is 1.34. The fraction of sp³-hybridized carbons (Fsp3) is 0.143. The van der Waals surface area contributed by atoms with Crippen molar-refractivity contribution in [1.29, 1.82) is 0 Å². The smallest absolute Gasteiger partial charge is 0.0113 e. The van der Waals surface area contributed by atoms with Gasteiger partial charge < -0.3 is 12.8 Å². The first-order chi connectivity index (χ1) is 4.30. The number of para-hydroxylation sites is 1. The molecule has 0 aliphatic rings. The molecule has 1 nitrogen and oxygen atoms in total. The molecule has 0 saturated carbocycles. The molecule has 2 heteroatoms. The van der Waals surface area contributed by atoms with Gasteiger partial charge in [0.2, 0.25) is 0 Å². The van der Waals surface area contributed by atoms with Crippen molar-refractivity contribution in [2.75, 3.05) is 11.9 Å². The van der Waals surface area contributed by atoms with Gasteiger partial charge in [-0.25, -0.2) is 0 Å². The summed E-state index contributed by atoms with van der Waals surface area (Å²) in [6.07, 6.45) is 0. The Bertz CT molecular complexity index is 172. The van der Waals surface area contributed by atoms with Crippen LogP contribution in [0.3, 0.4) is 0 Å². The van der Waals surface area contributed by atoms with E-state index >= 15 is 0 Å². The van der Waals surface area contributed by atoms with Crippen molar-refractivity contribution >= 4 is 13.7 Å². The average molecular weight is 117 g/mol. The number of hydrogen-bond acceptors (Lipinski definition) is 1. The van der Waals surface area contributed by atoms with Gasteiger partial charge in [0.15, 0.2) is 0 Å². The summed E-state index contributed by atoms with van der Waals surface area (Å²) in [5, 5.41) is 0. The molecule has 1 aromatic rings. The van der Waals surface area contributed by atoms with Crippen LogP contribution in [0.2, 0.25) is 0 Å². The summed E-state index contributed by atoms with van der Waals surface area (Å²) in [4.78, 5) is 1.58. The van der Waals surface area contributed by atoms with E-state index in [4.69, 9.17) is 7.98 Å². The Morgan fingerprint density at radius 1 is 1.22 bits per heavy atom. The largest absolute Gasteiger partial charge is 0.652 e. The van der Waals surface area contributed by atoms with Crippen LogP contribution in [0.1, 0.15) is 0 Å². The highest BCUT2D eigenvalue weighted by Gasteiger charge is 1.78. The van der Waals surface area contributed by atoms with Gasteiger partial charge in [-0.1, -0.05) is 18.2 Å². The quantitative estimate of drug-likeness (QED) is 0.499. The Labute approximate surface area is 56.7 Å². The molecule has 0 heterocycles. The third kappa shape index (κ3) is 1.49. The molecule has 0 aliphatic heterocycles. The van der Waals surface area contributed by atoms with E-state index in [-0.39, 0.29) is 0 Å². The first-order valence-corrected chi connectivity index (χ1v) is 2.84. The monoisotopic (exact) mass is 117 g/mol. The van der Waals surface area contributed by atoms with Gasteiger partial charge in [-0.3, -0.25) is 0 Å². The molecule has 0 saturated heterocycles. The summed E-state index contributed by atoms with van der Waals surface area (Å²) in [6.45, 7) is 0. The van der Waals surface area contributed by atoms with Crippen molar-refractivity contribution in [3.8, 4) is 0 Å². The second-order valence-electron chi connectivity index (χ2n) is 1.95. The highest BCUT2D eigenvalue weighted by Crippen LogP contribution is 2.06. The molecule has 45 valence electrons. The molecule has 0 unspecified atom stereocenters. The van der Waals surface area contributed by atoms with Crippen LogP contribution < -0.4 is 4.81 Å². The van der Waals surface area contributed by atoms with Crippen LogP contribution in [0, 0.1) is 0 Å². The third-order valence-corrected chi connectivity index (χ3v) is 1.16. The number of rotatable bonds is 1. The third-order valence-electron chi connectivity index (χ3n) is 1.16. The molecule has 1 aromatic carbocycles. The normalized spacial score (nSPS) is 9.11. The van der Waals surface area contributed by atoms with E-state index in [1.807, 2.05) is 37.4 Å². The van der Waals surface area contributed by atoms with Crippen molar-refractivity contribution in [3.05, 3.63) is 30.3 Å². The average Bonchev–Trinajstić information content (AvgIpc) is 1.90. The zero-order chi connectivity index (χ0) is 6.69. The zero-order valence-electron chi connectivity index (χ0n) is 5.41. The second kappa shape index (κ2) is 2.58. The first kappa shape index (κ1) is 6.21. The minimum absolute atomic E-state index is 1.03. The maximum atomic E-state index is 5.45. The standard InChI is InChI=1S/C7H8BN/c1-9(8)7-5-3-2-4-6-7/h2-6H,1H3/q-1. The lowest BCUT2D eigenvalue weighted by Gasteiger charge is -2.29. The Morgan fingerprint density at radius 2 is 1.78 bits per heavy atom. The van der Waals surface area contributed by atoms with Crippen molar-refractivity contribution in [2.24, 2.45) is 0 Å². The summed E-state index contributed by atoms with van der Waals surface area (Å²) in [5.74, 6) is 0. The van der Waals surface area contributed by atoms with Gasteiger partial charge in [-0.2, -0.15) is 0 Å². The topological polar surface area (TPSA) is 3.24 Å². The number of nitrogens with zero attached hydrogens (tertiary/aromatic N) is 1. The molecular formula is C7H8BN-. The van der Waals surface area contributed by atoms with E-state index in [1.54, 1.807) is 4.81 Å². The molecule has 0 N–H and O–H groups in total. The Morgan fingerprint density at radius 3 is 2.11 bits per heavy atom. The molecular weight excluding hydrogens is 109 g/mol. The Balaban J connectivity index is 2.85. The highest BCUT2D eigenvalue weighted by molar-refractivity contribution is 6.17. The second-order valence-corrected chi connectivity index (χ2v) is 1.95. The SMILES string of the molecule is [B-]N(C)c1ccccc1. The molecule has 0 atom stereocenters. The molecule has 0 fully saturated rings. The predicted octanol–water partition coefficient (Wildman–Crippen LogP) is 1.21. The summed E-state index contributed by atoms with van der Waals surface area (Å²) < 4.78 is 0. The van der Waals surface area contributed by atoms with Crippen LogP contribution in [0.15, 0.2) is 30.3 Å². The fourth-order valence-electron chi connectivity index (χ4n) is 0.663. The van der Waals surface area contributed by atoms with Gasteiger partial charge in [0.1, 0.15) is 0 Å². The Hall–Kier alpha value is -0.915. The minimum Gasteiger partial charge on any atom is -0.652 e. The molecule has 0 amide bonds. The lowest BCUT2D eigenvalue weighted by atomic mass is 10.2. The van der Waals surface area contributed by atoms with Gasteiger partial charge >= 0.3 is 0 Å². The summed E-state index contributed by atoms with van der Waals surface area (Å²) >= 11 is 0. The summed E-state index contributed by atoms with van der Waals surface area (Å²) in [7, 11) is 7.26.